The van der Waals surface area contributed by atoms with Crippen molar-refractivity contribution in [3.8, 4) is 11.4 Å². The van der Waals surface area contributed by atoms with E-state index < -0.39 is 17.6 Å². The summed E-state index contributed by atoms with van der Waals surface area (Å²) in [5, 5.41) is 18.3. The number of aryl methyl sites for hydroxylation is 1. The highest BCUT2D eigenvalue weighted by Crippen LogP contribution is 2.33. The van der Waals surface area contributed by atoms with Gasteiger partial charge in [0.1, 0.15) is 12.7 Å². The summed E-state index contributed by atoms with van der Waals surface area (Å²) in [5.74, 6) is -0.659. The first-order valence-electron chi connectivity index (χ1n) is 9.15. The molecule has 4 rings (SSSR count). The molecular formula is C19H15F3N8OS. The first-order chi connectivity index (χ1) is 15.3. The van der Waals surface area contributed by atoms with E-state index in [0.29, 0.717) is 5.16 Å². The predicted molar refractivity (Wildman–Crippen MR) is 110 cm³/mol. The van der Waals surface area contributed by atoms with Gasteiger partial charge in [0.25, 0.3) is 0 Å². The van der Waals surface area contributed by atoms with E-state index in [0.717, 1.165) is 35.1 Å². The zero-order valence-corrected chi connectivity index (χ0v) is 17.3. The van der Waals surface area contributed by atoms with Crippen molar-refractivity contribution in [2.45, 2.75) is 18.3 Å². The predicted octanol–water partition coefficient (Wildman–Crippen LogP) is 3.30. The van der Waals surface area contributed by atoms with Gasteiger partial charge in [-0.1, -0.05) is 23.9 Å². The second-order valence-corrected chi connectivity index (χ2v) is 7.56. The summed E-state index contributed by atoms with van der Waals surface area (Å²) in [7, 11) is 0. The van der Waals surface area contributed by atoms with Crippen LogP contribution in [0.25, 0.3) is 11.4 Å². The number of anilines is 1. The Labute approximate surface area is 183 Å². The summed E-state index contributed by atoms with van der Waals surface area (Å²) in [5.41, 5.74) is 1.04. The average molecular weight is 460 g/mol. The van der Waals surface area contributed by atoms with Crippen LogP contribution in [-0.4, -0.2) is 46.6 Å². The fourth-order valence-corrected chi connectivity index (χ4v) is 3.54. The number of tetrazole rings is 1. The van der Waals surface area contributed by atoms with Crippen LogP contribution in [0.3, 0.4) is 0 Å². The van der Waals surface area contributed by atoms with Gasteiger partial charge in [0.2, 0.25) is 11.1 Å². The lowest BCUT2D eigenvalue weighted by Crippen LogP contribution is -2.17. The number of hydrogen-bond acceptors (Lipinski definition) is 7. The van der Waals surface area contributed by atoms with E-state index in [4.69, 9.17) is 0 Å². The number of rotatable bonds is 6. The number of halogens is 3. The van der Waals surface area contributed by atoms with Crippen molar-refractivity contribution in [3.63, 3.8) is 0 Å². The van der Waals surface area contributed by atoms with E-state index in [1.807, 2.05) is 31.2 Å². The normalized spacial score (nSPS) is 11.5. The van der Waals surface area contributed by atoms with Crippen LogP contribution >= 0.6 is 11.8 Å². The molecule has 1 amide bonds. The maximum atomic E-state index is 13.2. The number of carbonyl (C=O) groups is 1. The molecule has 0 aliphatic carbocycles. The van der Waals surface area contributed by atoms with Gasteiger partial charge in [-0.25, -0.2) is 9.67 Å². The van der Waals surface area contributed by atoms with Gasteiger partial charge >= 0.3 is 6.18 Å². The Morgan fingerprint density at radius 3 is 2.75 bits per heavy atom. The van der Waals surface area contributed by atoms with E-state index in [1.165, 1.54) is 28.1 Å². The Bertz CT molecular complexity index is 1240. The third-order valence-corrected chi connectivity index (χ3v) is 5.20. The molecule has 0 aliphatic heterocycles. The van der Waals surface area contributed by atoms with Crippen molar-refractivity contribution in [3.05, 3.63) is 66.2 Å². The van der Waals surface area contributed by atoms with Crippen LogP contribution in [0.1, 0.15) is 11.1 Å². The van der Waals surface area contributed by atoms with E-state index in [1.54, 1.807) is 0 Å². The second kappa shape index (κ2) is 8.78. The van der Waals surface area contributed by atoms with Gasteiger partial charge in [-0.05, 0) is 53.2 Å². The summed E-state index contributed by atoms with van der Waals surface area (Å²) in [4.78, 5) is 16.3. The molecule has 1 N–H and O–H groups in total. The lowest BCUT2D eigenvalue weighted by molar-refractivity contribution is -0.137. The molecule has 0 atom stereocenters. The SMILES string of the molecule is Cc1cccc(-n2nnnc2SCC(=O)Nc2cc(C(F)(F)F)ccc2-n2cncn2)c1. The standard InChI is InChI=1S/C19H15F3N8OS/c1-12-3-2-4-14(7-12)30-18(26-27-28-30)32-9-17(31)25-15-8-13(19(20,21)22)5-6-16(15)29-11-23-10-24-29/h2-8,10-11H,9H2,1H3,(H,25,31). The molecule has 0 fully saturated rings. The number of thioether (sulfide) groups is 1. The summed E-state index contributed by atoms with van der Waals surface area (Å²) in [6, 6.07) is 10.5. The fraction of sp³-hybridized carbons (Fsp3) is 0.158. The highest BCUT2D eigenvalue weighted by Gasteiger charge is 2.31. The van der Waals surface area contributed by atoms with Gasteiger partial charge < -0.3 is 5.32 Å². The maximum Gasteiger partial charge on any atom is 0.416 e. The van der Waals surface area contributed by atoms with Crippen LogP contribution in [0.15, 0.2) is 60.3 Å². The fourth-order valence-electron chi connectivity index (χ4n) is 2.85. The van der Waals surface area contributed by atoms with E-state index in [-0.39, 0.29) is 17.1 Å². The molecule has 4 aromatic rings. The minimum Gasteiger partial charge on any atom is -0.323 e. The lowest BCUT2D eigenvalue weighted by atomic mass is 10.1. The van der Waals surface area contributed by atoms with Crippen LogP contribution in [0, 0.1) is 6.92 Å². The quantitative estimate of drug-likeness (QED) is 0.441. The first kappa shape index (κ1) is 21.5. The van der Waals surface area contributed by atoms with Crippen LogP contribution < -0.4 is 5.32 Å². The number of benzene rings is 2. The monoisotopic (exact) mass is 460 g/mol. The molecule has 164 valence electrons. The molecule has 0 bridgehead atoms. The number of aromatic nitrogens is 7. The Hall–Kier alpha value is -3.74. The summed E-state index contributed by atoms with van der Waals surface area (Å²) in [6.45, 7) is 1.93. The van der Waals surface area contributed by atoms with Crippen molar-refractivity contribution < 1.29 is 18.0 Å². The van der Waals surface area contributed by atoms with Crippen molar-refractivity contribution >= 4 is 23.4 Å². The molecule has 2 aromatic heterocycles. The van der Waals surface area contributed by atoms with Gasteiger partial charge in [0.15, 0.2) is 0 Å². The minimum absolute atomic E-state index is 0.0470. The number of nitrogens with one attached hydrogen (secondary N) is 1. The lowest BCUT2D eigenvalue weighted by Gasteiger charge is -2.14. The van der Waals surface area contributed by atoms with Crippen molar-refractivity contribution in [2.24, 2.45) is 0 Å². The van der Waals surface area contributed by atoms with Crippen molar-refractivity contribution in [2.75, 3.05) is 11.1 Å². The molecule has 2 heterocycles. The Kier molecular flexibility index (Phi) is 5.90. The molecule has 0 aliphatic rings. The smallest absolute Gasteiger partial charge is 0.323 e. The average Bonchev–Trinajstić information content (AvgIpc) is 3.44. The summed E-state index contributed by atoms with van der Waals surface area (Å²) in [6.07, 6.45) is -2.00. The van der Waals surface area contributed by atoms with Gasteiger partial charge in [-0.2, -0.15) is 23.0 Å². The van der Waals surface area contributed by atoms with Gasteiger partial charge in [-0.15, -0.1) is 5.10 Å². The number of carbonyl (C=O) groups excluding carboxylic acids is 1. The van der Waals surface area contributed by atoms with Gasteiger partial charge in [0.05, 0.1) is 28.4 Å². The number of amides is 1. The topological polar surface area (TPSA) is 103 Å². The van der Waals surface area contributed by atoms with Crippen molar-refractivity contribution in [1.29, 1.82) is 0 Å². The third kappa shape index (κ3) is 4.77. The Morgan fingerprint density at radius 2 is 2.03 bits per heavy atom. The first-order valence-corrected chi connectivity index (χ1v) is 10.1. The number of nitrogens with zero attached hydrogens (tertiary/aromatic N) is 7. The molecule has 0 unspecified atom stereocenters. The molecule has 13 heteroatoms. The molecule has 0 spiro atoms. The van der Waals surface area contributed by atoms with Gasteiger partial charge in [0, 0.05) is 0 Å². The molecule has 0 saturated heterocycles. The number of alkyl halides is 3. The minimum atomic E-state index is -4.56. The van der Waals surface area contributed by atoms with Crippen molar-refractivity contribution in [1.82, 2.24) is 35.0 Å². The summed E-state index contributed by atoms with van der Waals surface area (Å²) < 4.78 is 42.3. The number of hydrogen-bond donors (Lipinski definition) is 1. The second-order valence-electron chi connectivity index (χ2n) is 6.62. The highest BCUT2D eigenvalue weighted by atomic mass is 32.2. The maximum absolute atomic E-state index is 13.2. The molecule has 9 nitrogen and oxygen atoms in total. The van der Waals surface area contributed by atoms with Crippen LogP contribution in [0.4, 0.5) is 18.9 Å². The van der Waals surface area contributed by atoms with Gasteiger partial charge in [-0.3, -0.25) is 4.79 Å². The Morgan fingerprint density at radius 1 is 1.19 bits per heavy atom. The molecule has 32 heavy (non-hydrogen) atoms. The summed E-state index contributed by atoms with van der Waals surface area (Å²) >= 11 is 1.05. The van der Waals surface area contributed by atoms with Crippen LogP contribution in [0.5, 0.6) is 0 Å². The molecule has 0 radical (unpaired) electrons. The van der Waals surface area contributed by atoms with E-state index >= 15 is 0 Å². The third-order valence-electron chi connectivity index (χ3n) is 4.28. The highest BCUT2D eigenvalue weighted by molar-refractivity contribution is 7.99. The molecule has 2 aromatic carbocycles. The van der Waals surface area contributed by atoms with E-state index in [2.05, 4.69) is 30.9 Å². The Balaban J connectivity index is 1.52. The zero-order chi connectivity index (χ0) is 22.7. The zero-order valence-electron chi connectivity index (χ0n) is 16.5. The van der Waals surface area contributed by atoms with Crippen LogP contribution in [-0.2, 0) is 11.0 Å². The van der Waals surface area contributed by atoms with E-state index in [9.17, 15) is 18.0 Å². The molecule has 0 saturated carbocycles. The van der Waals surface area contributed by atoms with Crippen LogP contribution in [0.2, 0.25) is 0 Å². The largest absolute Gasteiger partial charge is 0.416 e. The molecular weight excluding hydrogens is 445 g/mol.